The van der Waals surface area contributed by atoms with Gasteiger partial charge in [-0.3, -0.25) is 9.69 Å². The topological polar surface area (TPSA) is 44.4 Å². The summed E-state index contributed by atoms with van der Waals surface area (Å²) in [5.41, 5.74) is -0.121. The monoisotopic (exact) mass is 275 g/mol. The van der Waals surface area contributed by atoms with Crippen molar-refractivity contribution in [1.29, 1.82) is 0 Å². The van der Waals surface area contributed by atoms with Crippen LogP contribution in [-0.2, 0) is 4.79 Å². The maximum Gasteiger partial charge on any atom is 0.234 e. The van der Waals surface area contributed by atoms with Crippen LogP contribution in [0.25, 0.3) is 0 Å². The molecule has 2 fully saturated rings. The van der Waals surface area contributed by atoms with Gasteiger partial charge >= 0.3 is 0 Å². The number of hydrogen-bond acceptors (Lipinski definition) is 3. The normalized spacial score (nSPS) is 28.4. The minimum absolute atomic E-state index is 0. The minimum Gasteiger partial charge on any atom is -0.350 e. The zero-order valence-corrected chi connectivity index (χ0v) is 12.5. The molecule has 2 atom stereocenters. The van der Waals surface area contributed by atoms with Crippen molar-refractivity contribution in [3.63, 3.8) is 0 Å². The average molecular weight is 276 g/mol. The van der Waals surface area contributed by atoms with Gasteiger partial charge in [0, 0.05) is 24.7 Å². The Morgan fingerprint density at radius 1 is 1.39 bits per heavy atom. The largest absolute Gasteiger partial charge is 0.350 e. The highest BCUT2D eigenvalue weighted by Gasteiger charge is 2.33. The summed E-state index contributed by atoms with van der Waals surface area (Å²) in [5.74, 6) is 0.910. The Bertz CT molecular complexity index is 290. The average Bonchev–Trinajstić information content (AvgIpc) is 2.61. The fourth-order valence-electron chi connectivity index (χ4n) is 2.93. The molecule has 4 nitrogen and oxygen atoms in total. The Labute approximate surface area is 116 Å². The number of fused-ring (bicyclic) bond motifs is 1. The Balaban J connectivity index is 0.00000162. The Kier molecular flexibility index (Phi) is 5.44. The number of halogens is 1. The third-order valence-electron chi connectivity index (χ3n) is 3.62. The lowest BCUT2D eigenvalue weighted by Crippen LogP contribution is -2.50. The summed E-state index contributed by atoms with van der Waals surface area (Å²) in [6.45, 7) is 9.91. The predicted octanol–water partition coefficient (Wildman–Crippen LogP) is 1.01. The molecule has 2 unspecified atom stereocenters. The molecular weight excluding hydrogens is 250 g/mol. The van der Waals surface area contributed by atoms with Crippen LogP contribution < -0.4 is 10.6 Å². The van der Waals surface area contributed by atoms with Gasteiger partial charge in [-0.15, -0.1) is 12.4 Å². The van der Waals surface area contributed by atoms with Crippen LogP contribution >= 0.6 is 12.4 Å². The van der Waals surface area contributed by atoms with Gasteiger partial charge in [0.1, 0.15) is 0 Å². The summed E-state index contributed by atoms with van der Waals surface area (Å²) in [6, 6.07) is 0.705. The van der Waals surface area contributed by atoms with Gasteiger partial charge in [0.05, 0.1) is 6.54 Å². The van der Waals surface area contributed by atoms with Crippen molar-refractivity contribution in [2.45, 2.75) is 45.2 Å². The van der Waals surface area contributed by atoms with E-state index in [2.05, 4.69) is 15.5 Å². The molecule has 0 radical (unpaired) electrons. The van der Waals surface area contributed by atoms with Crippen LogP contribution in [-0.4, -0.2) is 48.6 Å². The molecule has 2 aliphatic rings. The van der Waals surface area contributed by atoms with Crippen LogP contribution in [0.1, 0.15) is 33.6 Å². The third kappa shape index (κ3) is 4.41. The molecule has 0 aliphatic carbocycles. The van der Waals surface area contributed by atoms with E-state index < -0.39 is 0 Å². The van der Waals surface area contributed by atoms with Gasteiger partial charge in [-0.2, -0.15) is 0 Å². The van der Waals surface area contributed by atoms with Crippen LogP contribution in [0.3, 0.4) is 0 Å². The second-order valence-electron chi connectivity index (χ2n) is 6.43. The van der Waals surface area contributed by atoms with Gasteiger partial charge in [0.15, 0.2) is 0 Å². The zero-order valence-electron chi connectivity index (χ0n) is 11.7. The zero-order chi connectivity index (χ0) is 12.5. The van der Waals surface area contributed by atoms with E-state index in [9.17, 15) is 4.79 Å². The first-order chi connectivity index (χ1) is 7.94. The summed E-state index contributed by atoms with van der Waals surface area (Å²) in [4.78, 5) is 14.2. The van der Waals surface area contributed by atoms with E-state index in [1.807, 2.05) is 20.8 Å². The molecule has 2 heterocycles. The highest BCUT2D eigenvalue weighted by molar-refractivity contribution is 5.85. The van der Waals surface area contributed by atoms with E-state index in [-0.39, 0.29) is 23.9 Å². The van der Waals surface area contributed by atoms with Crippen LogP contribution in [0.4, 0.5) is 0 Å². The summed E-state index contributed by atoms with van der Waals surface area (Å²) in [7, 11) is 0. The Hall–Kier alpha value is -0.320. The van der Waals surface area contributed by atoms with Crippen molar-refractivity contribution in [3.05, 3.63) is 0 Å². The molecule has 0 aromatic carbocycles. The van der Waals surface area contributed by atoms with Crippen LogP contribution in [0.15, 0.2) is 0 Å². The molecule has 5 heteroatoms. The number of carbonyl (C=O) groups is 1. The molecule has 106 valence electrons. The summed E-state index contributed by atoms with van der Waals surface area (Å²) < 4.78 is 0. The Morgan fingerprint density at radius 2 is 2.11 bits per heavy atom. The molecule has 0 aromatic heterocycles. The quantitative estimate of drug-likeness (QED) is 0.791. The number of nitrogens with zero attached hydrogens (tertiary/aromatic N) is 1. The van der Waals surface area contributed by atoms with Gasteiger partial charge in [-0.1, -0.05) is 0 Å². The van der Waals surface area contributed by atoms with Crippen molar-refractivity contribution in [2.75, 3.05) is 26.2 Å². The summed E-state index contributed by atoms with van der Waals surface area (Å²) in [5, 5.41) is 6.57. The third-order valence-corrected chi connectivity index (χ3v) is 3.62. The van der Waals surface area contributed by atoms with Crippen molar-refractivity contribution < 1.29 is 4.79 Å². The molecule has 2 aliphatic heterocycles. The number of rotatable bonds is 2. The second kappa shape index (κ2) is 6.22. The van der Waals surface area contributed by atoms with Crippen LogP contribution in [0.5, 0.6) is 0 Å². The summed E-state index contributed by atoms with van der Waals surface area (Å²) >= 11 is 0. The first-order valence-corrected chi connectivity index (χ1v) is 6.71. The van der Waals surface area contributed by atoms with Crippen molar-refractivity contribution >= 4 is 18.3 Å². The number of likely N-dealkylation sites (tertiary alicyclic amines) is 1. The highest BCUT2D eigenvalue weighted by atomic mass is 35.5. The van der Waals surface area contributed by atoms with E-state index in [1.165, 1.54) is 12.8 Å². The molecule has 2 rings (SSSR count). The van der Waals surface area contributed by atoms with Crippen molar-refractivity contribution in [2.24, 2.45) is 5.92 Å². The SMILES string of the molecule is CC(C)(C)NC(=O)CN1CCC2NCCC2C1.Cl. The van der Waals surface area contributed by atoms with Crippen LogP contribution in [0, 0.1) is 5.92 Å². The molecule has 0 spiro atoms. The van der Waals surface area contributed by atoms with E-state index in [0.29, 0.717) is 12.6 Å². The molecular formula is C13H26ClN3O. The van der Waals surface area contributed by atoms with Gasteiger partial charge in [0.2, 0.25) is 5.91 Å². The minimum atomic E-state index is -0.121. The molecule has 2 saturated heterocycles. The van der Waals surface area contributed by atoms with Gasteiger partial charge < -0.3 is 10.6 Å². The standard InChI is InChI=1S/C13H25N3O.ClH/c1-13(2,3)15-12(17)9-16-7-5-11-10(8-16)4-6-14-11;/h10-11,14H,4-9H2,1-3H3,(H,15,17);1H. The molecule has 2 N–H and O–H groups in total. The van der Waals surface area contributed by atoms with Gasteiger partial charge in [-0.25, -0.2) is 0 Å². The van der Waals surface area contributed by atoms with E-state index >= 15 is 0 Å². The number of hydrogen-bond donors (Lipinski definition) is 2. The molecule has 0 bridgehead atoms. The predicted molar refractivity (Wildman–Crippen MR) is 76.1 cm³/mol. The van der Waals surface area contributed by atoms with Gasteiger partial charge in [0.25, 0.3) is 0 Å². The fraction of sp³-hybridized carbons (Fsp3) is 0.923. The first-order valence-electron chi connectivity index (χ1n) is 6.71. The lowest BCUT2D eigenvalue weighted by molar-refractivity contribution is -0.124. The van der Waals surface area contributed by atoms with Gasteiger partial charge in [-0.05, 0) is 46.1 Å². The van der Waals surface area contributed by atoms with Crippen molar-refractivity contribution in [1.82, 2.24) is 15.5 Å². The maximum absolute atomic E-state index is 11.9. The molecule has 0 saturated carbocycles. The molecule has 18 heavy (non-hydrogen) atoms. The van der Waals surface area contributed by atoms with Crippen molar-refractivity contribution in [3.8, 4) is 0 Å². The summed E-state index contributed by atoms with van der Waals surface area (Å²) in [6.07, 6.45) is 2.45. The molecule has 1 amide bonds. The Morgan fingerprint density at radius 3 is 2.78 bits per heavy atom. The van der Waals surface area contributed by atoms with E-state index in [0.717, 1.165) is 25.6 Å². The number of nitrogens with one attached hydrogen (secondary N) is 2. The lowest BCUT2D eigenvalue weighted by atomic mass is 9.93. The fourth-order valence-corrected chi connectivity index (χ4v) is 2.93. The second-order valence-corrected chi connectivity index (χ2v) is 6.43. The maximum atomic E-state index is 11.9. The molecule has 0 aromatic rings. The number of carbonyl (C=O) groups excluding carboxylic acids is 1. The van der Waals surface area contributed by atoms with E-state index in [4.69, 9.17) is 0 Å². The highest BCUT2D eigenvalue weighted by Crippen LogP contribution is 2.24. The lowest BCUT2D eigenvalue weighted by Gasteiger charge is -2.35. The number of piperidine rings is 1. The smallest absolute Gasteiger partial charge is 0.234 e. The van der Waals surface area contributed by atoms with E-state index in [1.54, 1.807) is 0 Å². The van der Waals surface area contributed by atoms with Crippen LogP contribution in [0.2, 0.25) is 0 Å². The number of amides is 1. The first kappa shape index (κ1) is 15.7.